The van der Waals surface area contributed by atoms with Crippen molar-refractivity contribution in [3.63, 3.8) is 0 Å². The highest BCUT2D eigenvalue weighted by Gasteiger charge is 2.39. The molecule has 0 bridgehead atoms. The zero-order chi connectivity index (χ0) is 12.4. The quantitative estimate of drug-likeness (QED) is 0.850. The maximum atomic E-state index is 3.78. The molecule has 0 aromatic heterocycles. The second kappa shape index (κ2) is 5.02. The number of hydrogen-bond acceptors (Lipinski definition) is 2. The molecule has 0 amide bonds. The molecule has 2 fully saturated rings. The van der Waals surface area contributed by atoms with Crippen molar-refractivity contribution in [2.45, 2.75) is 38.1 Å². The molecule has 1 aliphatic heterocycles. The van der Waals surface area contributed by atoms with Crippen LogP contribution in [-0.4, -0.2) is 25.7 Å². The zero-order valence-electron chi connectivity index (χ0n) is 11.3. The summed E-state index contributed by atoms with van der Waals surface area (Å²) in [6.45, 7) is 5.94. The molecule has 2 nitrogen and oxygen atoms in total. The predicted octanol–water partition coefficient (Wildman–Crippen LogP) is 2.52. The molecule has 0 spiro atoms. The van der Waals surface area contributed by atoms with Crippen LogP contribution in [0.4, 0.5) is 0 Å². The number of hydrogen-bond donors (Lipinski definition) is 2. The van der Waals surface area contributed by atoms with Gasteiger partial charge >= 0.3 is 0 Å². The second-order valence-corrected chi connectivity index (χ2v) is 6.33. The van der Waals surface area contributed by atoms with E-state index in [9.17, 15) is 0 Å². The van der Waals surface area contributed by atoms with Crippen LogP contribution in [0.25, 0.3) is 0 Å². The summed E-state index contributed by atoms with van der Waals surface area (Å²) in [6.07, 6.45) is 3.99. The van der Waals surface area contributed by atoms with E-state index in [4.69, 9.17) is 0 Å². The van der Waals surface area contributed by atoms with Crippen LogP contribution >= 0.6 is 0 Å². The van der Waals surface area contributed by atoms with E-state index in [-0.39, 0.29) is 0 Å². The molecular weight excluding hydrogens is 220 g/mol. The molecule has 2 N–H and O–H groups in total. The van der Waals surface area contributed by atoms with Crippen molar-refractivity contribution in [2.24, 2.45) is 5.41 Å². The third-order valence-corrected chi connectivity index (χ3v) is 4.49. The molecule has 3 rings (SSSR count). The van der Waals surface area contributed by atoms with E-state index in [1.165, 1.54) is 37.9 Å². The summed E-state index contributed by atoms with van der Waals surface area (Å²) in [7, 11) is 0. The van der Waals surface area contributed by atoms with E-state index in [2.05, 4.69) is 47.9 Å². The molecule has 1 aliphatic carbocycles. The number of rotatable bonds is 4. The van der Waals surface area contributed by atoms with E-state index in [0.29, 0.717) is 11.5 Å². The topological polar surface area (TPSA) is 24.1 Å². The fourth-order valence-electron chi connectivity index (χ4n) is 3.14. The van der Waals surface area contributed by atoms with Crippen LogP contribution in [-0.2, 0) is 0 Å². The fourth-order valence-corrected chi connectivity index (χ4v) is 3.14. The first-order valence-electron chi connectivity index (χ1n) is 7.26. The van der Waals surface area contributed by atoms with Gasteiger partial charge in [0.2, 0.25) is 0 Å². The van der Waals surface area contributed by atoms with Crippen molar-refractivity contribution in [2.75, 3.05) is 19.6 Å². The third kappa shape index (κ3) is 2.76. The second-order valence-electron chi connectivity index (χ2n) is 6.33. The van der Waals surface area contributed by atoms with Crippen molar-refractivity contribution in [1.82, 2.24) is 10.6 Å². The van der Waals surface area contributed by atoms with Crippen molar-refractivity contribution >= 4 is 0 Å². The van der Waals surface area contributed by atoms with Crippen LogP contribution in [0.15, 0.2) is 30.3 Å². The Bertz CT molecular complexity index is 381. The van der Waals surface area contributed by atoms with E-state index in [0.717, 1.165) is 12.5 Å². The lowest BCUT2D eigenvalue weighted by atomic mass is 9.83. The normalized spacial score (nSPS) is 35.4. The Morgan fingerprint density at radius 1 is 1.33 bits per heavy atom. The van der Waals surface area contributed by atoms with Crippen LogP contribution in [0.2, 0.25) is 0 Å². The van der Waals surface area contributed by atoms with Gasteiger partial charge in [-0.15, -0.1) is 0 Å². The SMILES string of the molecule is CC1(CNC2CC2c2ccccc2)CCCNC1. The summed E-state index contributed by atoms with van der Waals surface area (Å²) < 4.78 is 0. The Morgan fingerprint density at radius 3 is 2.89 bits per heavy atom. The molecule has 2 heteroatoms. The largest absolute Gasteiger partial charge is 0.316 e. The Hall–Kier alpha value is -0.860. The van der Waals surface area contributed by atoms with Gasteiger partial charge in [-0.1, -0.05) is 37.3 Å². The minimum absolute atomic E-state index is 0.460. The molecular formula is C16H24N2. The van der Waals surface area contributed by atoms with Gasteiger partial charge in [0.25, 0.3) is 0 Å². The number of benzene rings is 1. The Labute approximate surface area is 110 Å². The van der Waals surface area contributed by atoms with Crippen LogP contribution in [0.5, 0.6) is 0 Å². The molecule has 1 heterocycles. The minimum atomic E-state index is 0.460. The lowest BCUT2D eigenvalue weighted by molar-refractivity contribution is 0.226. The Morgan fingerprint density at radius 2 is 2.17 bits per heavy atom. The smallest absolute Gasteiger partial charge is 0.0143 e. The van der Waals surface area contributed by atoms with Gasteiger partial charge in [0.15, 0.2) is 0 Å². The fraction of sp³-hybridized carbons (Fsp3) is 0.625. The first-order chi connectivity index (χ1) is 8.77. The van der Waals surface area contributed by atoms with E-state index in [1.54, 1.807) is 0 Å². The summed E-state index contributed by atoms with van der Waals surface area (Å²) in [5, 5.41) is 7.30. The van der Waals surface area contributed by atoms with Gasteiger partial charge < -0.3 is 10.6 Å². The van der Waals surface area contributed by atoms with Crippen LogP contribution in [0.1, 0.15) is 37.7 Å². The molecule has 1 saturated carbocycles. The standard InChI is InChI=1S/C16H24N2/c1-16(8-5-9-17-11-16)12-18-15-10-14(15)13-6-3-2-4-7-13/h2-4,6-7,14-15,17-18H,5,8-12H2,1H3. The van der Waals surface area contributed by atoms with Gasteiger partial charge in [0.1, 0.15) is 0 Å². The third-order valence-electron chi connectivity index (χ3n) is 4.49. The number of piperidine rings is 1. The highest BCUT2D eigenvalue weighted by Crippen LogP contribution is 2.41. The molecule has 3 unspecified atom stereocenters. The highest BCUT2D eigenvalue weighted by atomic mass is 15.0. The summed E-state index contributed by atoms with van der Waals surface area (Å²) in [5.74, 6) is 0.756. The lowest BCUT2D eigenvalue weighted by Crippen LogP contribution is -2.44. The van der Waals surface area contributed by atoms with Crippen LogP contribution in [0.3, 0.4) is 0 Å². The van der Waals surface area contributed by atoms with Gasteiger partial charge in [-0.05, 0) is 36.8 Å². The summed E-state index contributed by atoms with van der Waals surface area (Å²) in [4.78, 5) is 0. The van der Waals surface area contributed by atoms with Crippen LogP contribution < -0.4 is 10.6 Å². The number of nitrogens with one attached hydrogen (secondary N) is 2. The molecule has 18 heavy (non-hydrogen) atoms. The van der Waals surface area contributed by atoms with Crippen molar-refractivity contribution in [3.05, 3.63) is 35.9 Å². The first-order valence-corrected chi connectivity index (χ1v) is 7.26. The minimum Gasteiger partial charge on any atom is -0.316 e. The predicted molar refractivity (Wildman–Crippen MR) is 75.8 cm³/mol. The van der Waals surface area contributed by atoms with Gasteiger partial charge in [-0.25, -0.2) is 0 Å². The summed E-state index contributed by atoms with van der Waals surface area (Å²) >= 11 is 0. The van der Waals surface area contributed by atoms with Crippen molar-refractivity contribution in [1.29, 1.82) is 0 Å². The van der Waals surface area contributed by atoms with Crippen molar-refractivity contribution in [3.8, 4) is 0 Å². The molecule has 2 aliphatic rings. The molecule has 3 atom stereocenters. The van der Waals surface area contributed by atoms with E-state index >= 15 is 0 Å². The average Bonchev–Trinajstić information content (AvgIpc) is 3.18. The van der Waals surface area contributed by atoms with Crippen LogP contribution in [0, 0.1) is 5.41 Å². The summed E-state index contributed by atoms with van der Waals surface area (Å²) in [6, 6.07) is 11.6. The Balaban J connectivity index is 1.48. The molecule has 1 saturated heterocycles. The summed E-state index contributed by atoms with van der Waals surface area (Å²) in [5.41, 5.74) is 1.96. The van der Waals surface area contributed by atoms with Gasteiger partial charge in [-0.3, -0.25) is 0 Å². The highest BCUT2D eigenvalue weighted by molar-refractivity contribution is 5.27. The average molecular weight is 244 g/mol. The maximum Gasteiger partial charge on any atom is 0.0143 e. The lowest BCUT2D eigenvalue weighted by Gasteiger charge is -2.34. The van der Waals surface area contributed by atoms with Gasteiger partial charge in [0, 0.05) is 25.0 Å². The van der Waals surface area contributed by atoms with Gasteiger partial charge in [0.05, 0.1) is 0 Å². The van der Waals surface area contributed by atoms with E-state index in [1.807, 2.05) is 0 Å². The van der Waals surface area contributed by atoms with Gasteiger partial charge in [-0.2, -0.15) is 0 Å². The maximum absolute atomic E-state index is 3.78. The monoisotopic (exact) mass is 244 g/mol. The van der Waals surface area contributed by atoms with E-state index < -0.39 is 0 Å². The molecule has 0 radical (unpaired) electrons. The molecule has 98 valence electrons. The zero-order valence-corrected chi connectivity index (χ0v) is 11.3. The first kappa shape index (κ1) is 12.2. The molecule has 1 aromatic carbocycles. The van der Waals surface area contributed by atoms with Crippen molar-refractivity contribution < 1.29 is 0 Å². The Kier molecular flexibility index (Phi) is 3.40. The molecule has 1 aromatic rings.